The van der Waals surface area contributed by atoms with Gasteiger partial charge in [-0.05, 0) is 27.2 Å². The van der Waals surface area contributed by atoms with Gasteiger partial charge in [-0.2, -0.15) is 0 Å². The zero-order valence-corrected chi connectivity index (χ0v) is 9.86. The molecule has 2 aliphatic heterocycles. The number of carbonyl (C=O) groups is 2. The molecule has 2 rings (SSSR count). The van der Waals surface area contributed by atoms with Crippen molar-refractivity contribution in [1.82, 2.24) is 4.90 Å². The van der Waals surface area contributed by atoms with Crippen LogP contribution in [0.1, 0.15) is 27.2 Å². The Labute approximate surface area is 94.7 Å². The number of hydrogen-bond acceptors (Lipinski definition) is 4. The van der Waals surface area contributed by atoms with E-state index in [1.165, 1.54) is 4.90 Å². The highest BCUT2D eigenvalue weighted by molar-refractivity contribution is 5.93. The van der Waals surface area contributed by atoms with Gasteiger partial charge < -0.3 is 9.47 Å². The number of amides is 1. The van der Waals surface area contributed by atoms with E-state index in [9.17, 15) is 9.59 Å². The number of ketones is 1. The zero-order valence-electron chi connectivity index (χ0n) is 9.86. The van der Waals surface area contributed by atoms with Crippen molar-refractivity contribution in [2.24, 2.45) is 0 Å². The van der Waals surface area contributed by atoms with Gasteiger partial charge >= 0.3 is 6.09 Å². The number of Topliss-reactive ketones (excluding diaryl/α,β-unsaturated/α-hetero) is 1. The Morgan fingerprint density at radius 3 is 2.81 bits per heavy atom. The lowest BCUT2D eigenvalue weighted by molar-refractivity contribution is -0.128. The normalized spacial score (nSPS) is 29.4. The number of hydrogen-bond donors (Lipinski definition) is 0. The van der Waals surface area contributed by atoms with Crippen LogP contribution >= 0.6 is 0 Å². The van der Waals surface area contributed by atoms with E-state index in [0.29, 0.717) is 19.6 Å². The molecular formula is C11H17NO4. The van der Waals surface area contributed by atoms with Gasteiger partial charge in [-0.25, -0.2) is 4.79 Å². The van der Waals surface area contributed by atoms with Gasteiger partial charge in [-0.1, -0.05) is 0 Å². The molecular weight excluding hydrogens is 210 g/mol. The molecule has 0 unspecified atom stereocenters. The molecule has 1 amide bonds. The van der Waals surface area contributed by atoms with Crippen molar-refractivity contribution >= 4 is 11.9 Å². The molecule has 0 aromatic heterocycles. The minimum absolute atomic E-state index is 0.0112. The van der Waals surface area contributed by atoms with E-state index >= 15 is 0 Å². The summed E-state index contributed by atoms with van der Waals surface area (Å²) in [5.74, 6) is 0.0112. The van der Waals surface area contributed by atoms with Crippen LogP contribution in [0.5, 0.6) is 0 Å². The summed E-state index contributed by atoms with van der Waals surface area (Å²) < 4.78 is 10.6. The number of carbonyl (C=O) groups excluding carboxylic acids is 2. The molecule has 0 aromatic carbocycles. The van der Waals surface area contributed by atoms with Crippen molar-refractivity contribution in [3.63, 3.8) is 0 Å². The van der Waals surface area contributed by atoms with Gasteiger partial charge in [0.25, 0.3) is 0 Å². The third-order valence-corrected chi connectivity index (χ3v) is 2.74. The predicted octanol–water partition coefficient (Wildman–Crippen LogP) is 0.964. The van der Waals surface area contributed by atoms with Gasteiger partial charge in [-0.3, -0.25) is 9.69 Å². The number of piperidine rings is 1. The van der Waals surface area contributed by atoms with Gasteiger partial charge in [0, 0.05) is 6.54 Å². The second kappa shape index (κ2) is 3.73. The quantitative estimate of drug-likeness (QED) is 0.618. The van der Waals surface area contributed by atoms with E-state index in [0.717, 1.165) is 0 Å². The molecule has 5 nitrogen and oxygen atoms in total. The second-order valence-corrected chi connectivity index (χ2v) is 5.20. The average Bonchev–Trinajstić information content (AvgIpc) is 2.41. The maximum Gasteiger partial charge on any atom is 0.410 e. The molecule has 0 radical (unpaired) electrons. The molecule has 2 heterocycles. The first-order chi connectivity index (χ1) is 7.38. The minimum Gasteiger partial charge on any atom is -0.444 e. The van der Waals surface area contributed by atoms with Crippen LogP contribution in [0.25, 0.3) is 0 Å². The summed E-state index contributed by atoms with van der Waals surface area (Å²) in [5.41, 5.74) is -0.531. The highest BCUT2D eigenvalue weighted by atomic mass is 16.6. The Morgan fingerprint density at radius 1 is 1.50 bits per heavy atom. The first-order valence-corrected chi connectivity index (χ1v) is 5.53. The molecule has 0 spiro atoms. The fourth-order valence-electron chi connectivity index (χ4n) is 2.01. The second-order valence-electron chi connectivity index (χ2n) is 5.20. The highest BCUT2D eigenvalue weighted by Crippen LogP contribution is 2.25. The largest absolute Gasteiger partial charge is 0.444 e. The lowest BCUT2D eigenvalue weighted by atomic mass is 10.0. The maximum absolute atomic E-state index is 11.8. The van der Waals surface area contributed by atoms with Crippen molar-refractivity contribution in [2.75, 3.05) is 13.2 Å². The molecule has 2 saturated heterocycles. The molecule has 0 aromatic rings. The van der Waals surface area contributed by atoms with Gasteiger partial charge in [-0.15, -0.1) is 0 Å². The van der Waals surface area contributed by atoms with Gasteiger partial charge in [0.1, 0.15) is 17.7 Å². The molecule has 2 aliphatic rings. The van der Waals surface area contributed by atoms with E-state index < -0.39 is 17.7 Å². The van der Waals surface area contributed by atoms with Crippen LogP contribution in [0.3, 0.4) is 0 Å². The van der Waals surface area contributed by atoms with Crippen LogP contribution in [0.2, 0.25) is 0 Å². The summed E-state index contributed by atoms with van der Waals surface area (Å²) in [4.78, 5) is 25.0. The third kappa shape index (κ3) is 2.04. The molecule has 90 valence electrons. The Hall–Kier alpha value is -1.10. The van der Waals surface area contributed by atoms with E-state index in [-0.39, 0.29) is 11.9 Å². The third-order valence-electron chi connectivity index (χ3n) is 2.74. The van der Waals surface area contributed by atoms with Crippen LogP contribution in [-0.2, 0) is 14.3 Å². The Balaban J connectivity index is 2.05. The first kappa shape index (κ1) is 11.4. The number of rotatable bonds is 0. The van der Waals surface area contributed by atoms with Crippen molar-refractivity contribution < 1.29 is 19.1 Å². The predicted molar refractivity (Wildman–Crippen MR) is 56.1 cm³/mol. The van der Waals surface area contributed by atoms with Crippen molar-refractivity contribution in [3.8, 4) is 0 Å². The maximum atomic E-state index is 11.8. The van der Waals surface area contributed by atoms with Crippen molar-refractivity contribution in [2.45, 2.75) is 44.9 Å². The summed E-state index contributed by atoms with van der Waals surface area (Å²) in [6.45, 7) is 6.28. The molecule has 0 saturated carbocycles. The van der Waals surface area contributed by atoms with Crippen LogP contribution in [0.4, 0.5) is 4.79 Å². The molecule has 0 N–H and O–H groups in total. The topological polar surface area (TPSA) is 55.8 Å². The fraction of sp³-hybridized carbons (Fsp3) is 0.818. The van der Waals surface area contributed by atoms with Crippen LogP contribution in [0.15, 0.2) is 0 Å². The molecule has 16 heavy (non-hydrogen) atoms. The summed E-state index contributed by atoms with van der Waals surface area (Å²) in [5, 5.41) is 0. The Morgan fingerprint density at radius 2 is 2.19 bits per heavy atom. The SMILES string of the molecule is CC(C)(C)OC(=O)N1CC[C@@H]2OC[C@H]1C2=O. The van der Waals surface area contributed by atoms with E-state index in [1.807, 2.05) is 20.8 Å². The molecule has 2 bridgehead atoms. The minimum atomic E-state index is -0.531. The number of likely N-dealkylation sites (tertiary alicyclic amines) is 1. The summed E-state index contributed by atoms with van der Waals surface area (Å²) in [6, 6.07) is -0.436. The Bertz CT molecular complexity index is 320. The van der Waals surface area contributed by atoms with E-state index in [1.54, 1.807) is 0 Å². The zero-order chi connectivity index (χ0) is 11.9. The fourth-order valence-corrected chi connectivity index (χ4v) is 2.01. The molecule has 2 atom stereocenters. The summed E-state index contributed by atoms with van der Waals surface area (Å²) in [7, 11) is 0. The van der Waals surface area contributed by atoms with Crippen LogP contribution in [0, 0.1) is 0 Å². The van der Waals surface area contributed by atoms with Gasteiger partial charge in [0.2, 0.25) is 0 Å². The monoisotopic (exact) mass is 227 g/mol. The van der Waals surface area contributed by atoms with Crippen LogP contribution < -0.4 is 0 Å². The van der Waals surface area contributed by atoms with Gasteiger partial charge in [0.05, 0.1) is 6.61 Å². The summed E-state index contributed by atoms with van der Waals surface area (Å²) in [6.07, 6.45) is -0.146. The smallest absolute Gasteiger partial charge is 0.410 e. The average molecular weight is 227 g/mol. The van der Waals surface area contributed by atoms with E-state index in [2.05, 4.69) is 0 Å². The standard InChI is InChI=1S/C11H17NO4/c1-11(2,3)16-10(14)12-5-4-8-9(13)7(12)6-15-8/h7-8H,4-6H2,1-3H3/t7-,8-/m0/s1. The number of fused-ring (bicyclic) bond motifs is 2. The van der Waals surface area contributed by atoms with Crippen LogP contribution in [-0.4, -0.2) is 47.7 Å². The summed E-state index contributed by atoms with van der Waals surface area (Å²) >= 11 is 0. The highest BCUT2D eigenvalue weighted by Gasteiger charge is 2.46. The van der Waals surface area contributed by atoms with Crippen molar-refractivity contribution in [1.29, 1.82) is 0 Å². The first-order valence-electron chi connectivity index (χ1n) is 5.53. The number of ether oxygens (including phenoxy) is 2. The molecule has 0 aliphatic carbocycles. The Kier molecular flexibility index (Phi) is 2.66. The van der Waals surface area contributed by atoms with E-state index in [4.69, 9.17) is 9.47 Å². The number of nitrogens with zero attached hydrogens (tertiary/aromatic N) is 1. The molecule has 5 heteroatoms. The lowest BCUT2D eigenvalue weighted by Crippen LogP contribution is -2.51. The van der Waals surface area contributed by atoms with Crippen molar-refractivity contribution in [3.05, 3.63) is 0 Å². The van der Waals surface area contributed by atoms with Gasteiger partial charge in [0.15, 0.2) is 5.78 Å². The lowest BCUT2D eigenvalue weighted by Gasteiger charge is -2.32. The molecule has 2 fully saturated rings.